The van der Waals surface area contributed by atoms with Crippen LogP contribution in [-0.4, -0.2) is 58.8 Å². The van der Waals surface area contributed by atoms with Gasteiger partial charge < -0.3 is 9.64 Å². The summed E-state index contributed by atoms with van der Waals surface area (Å²) < 4.78 is 5.41. The molecule has 0 aromatic carbocycles. The van der Waals surface area contributed by atoms with Gasteiger partial charge in [-0.15, -0.1) is 0 Å². The number of carbonyl (C=O) groups is 1. The molecule has 2 aliphatic heterocycles. The molecule has 1 atom stereocenters. The Morgan fingerprint density at radius 3 is 3.26 bits per heavy atom. The fourth-order valence-corrected chi connectivity index (χ4v) is 3.55. The first kappa shape index (κ1) is 13.0. The topological polar surface area (TPSA) is 58.2 Å². The number of hydrogen-bond donors (Lipinski definition) is 1. The molecular weight excluding hydrogens is 262 g/mol. The summed E-state index contributed by atoms with van der Waals surface area (Å²) in [4.78, 5) is 14.6. The van der Waals surface area contributed by atoms with Crippen molar-refractivity contribution in [3.63, 3.8) is 0 Å². The van der Waals surface area contributed by atoms with Gasteiger partial charge in [0.15, 0.2) is 0 Å². The third-order valence-electron chi connectivity index (χ3n) is 3.75. The Balaban J connectivity index is 1.77. The van der Waals surface area contributed by atoms with Crippen LogP contribution in [0.3, 0.4) is 0 Å². The number of amides is 1. The van der Waals surface area contributed by atoms with Crippen molar-refractivity contribution in [2.75, 3.05) is 37.8 Å². The van der Waals surface area contributed by atoms with Crippen LogP contribution in [0.25, 0.3) is 0 Å². The van der Waals surface area contributed by atoms with E-state index in [1.165, 1.54) is 0 Å². The van der Waals surface area contributed by atoms with Crippen LogP contribution in [0.5, 0.6) is 0 Å². The van der Waals surface area contributed by atoms with E-state index in [0.717, 1.165) is 55.3 Å². The highest BCUT2D eigenvalue weighted by atomic mass is 32.2. The van der Waals surface area contributed by atoms with E-state index < -0.39 is 0 Å². The number of nitrogens with one attached hydrogen (secondary N) is 1. The summed E-state index contributed by atoms with van der Waals surface area (Å²) in [7, 11) is 0. The predicted molar refractivity (Wildman–Crippen MR) is 74.6 cm³/mol. The number of carbonyl (C=O) groups excluding carboxylic acids is 1. The lowest BCUT2D eigenvalue weighted by Gasteiger charge is -2.20. The summed E-state index contributed by atoms with van der Waals surface area (Å²) in [6.07, 6.45) is 3.72. The van der Waals surface area contributed by atoms with E-state index in [2.05, 4.69) is 10.2 Å². The molecule has 2 saturated heterocycles. The lowest BCUT2D eigenvalue weighted by Crippen LogP contribution is -2.33. The molecule has 2 aliphatic rings. The fourth-order valence-electron chi connectivity index (χ4n) is 2.66. The van der Waals surface area contributed by atoms with Crippen molar-refractivity contribution in [1.29, 1.82) is 0 Å². The summed E-state index contributed by atoms with van der Waals surface area (Å²) in [6.45, 7) is 3.17. The van der Waals surface area contributed by atoms with E-state index in [1.54, 1.807) is 6.20 Å². The van der Waals surface area contributed by atoms with E-state index in [-0.39, 0.29) is 5.91 Å². The average molecular weight is 281 g/mol. The minimum Gasteiger partial charge on any atom is -0.381 e. The highest BCUT2D eigenvalue weighted by Crippen LogP contribution is 2.27. The number of aromatic amines is 1. The van der Waals surface area contributed by atoms with Crippen molar-refractivity contribution in [3.05, 3.63) is 17.5 Å². The number of hydrogen-bond acceptors (Lipinski definition) is 4. The molecule has 1 N–H and O–H groups in total. The third-order valence-corrected chi connectivity index (χ3v) is 4.80. The Morgan fingerprint density at radius 2 is 2.42 bits per heavy atom. The molecule has 5 nitrogen and oxygen atoms in total. The third kappa shape index (κ3) is 2.79. The molecule has 1 aromatic rings. The van der Waals surface area contributed by atoms with Gasteiger partial charge in [-0.3, -0.25) is 9.89 Å². The number of thioether (sulfide) groups is 1. The average Bonchev–Trinajstić information content (AvgIpc) is 3.03. The van der Waals surface area contributed by atoms with E-state index >= 15 is 0 Å². The SMILES string of the molecule is O=C(c1cn[nH]c1C1CCOC1)N1CCCSCC1. The van der Waals surface area contributed by atoms with Gasteiger partial charge in [0.05, 0.1) is 24.1 Å². The standard InChI is InChI=1S/C13H19N3O2S/c17-13(16-3-1-6-19-7-4-16)11-8-14-15-12(11)10-2-5-18-9-10/h8,10H,1-7,9H2,(H,14,15). The van der Waals surface area contributed by atoms with Crippen LogP contribution in [0.1, 0.15) is 34.8 Å². The summed E-state index contributed by atoms with van der Waals surface area (Å²) in [5.74, 6) is 2.60. The van der Waals surface area contributed by atoms with Gasteiger partial charge in [0.1, 0.15) is 0 Å². The molecule has 2 fully saturated rings. The largest absolute Gasteiger partial charge is 0.381 e. The van der Waals surface area contributed by atoms with E-state index in [9.17, 15) is 4.79 Å². The maximum atomic E-state index is 12.6. The van der Waals surface area contributed by atoms with Crippen molar-refractivity contribution in [1.82, 2.24) is 15.1 Å². The molecule has 3 rings (SSSR count). The van der Waals surface area contributed by atoms with Gasteiger partial charge in [0, 0.05) is 31.4 Å². The maximum absolute atomic E-state index is 12.6. The predicted octanol–water partition coefficient (Wildman–Crippen LogP) is 1.49. The highest BCUT2D eigenvalue weighted by Gasteiger charge is 2.27. The number of rotatable bonds is 2. The Kier molecular flexibility index (Phi) is 4.08. The molecule has 3 heterocycles. The molecule has 1 unspecified atom stereocenters. The van der Waals surface area contributed by atoms with Crippen LogP contribution in [-0.2, 0) is 4.74 Å². The Bertz CT molecular complexity index is 435. The van der Waals surface area contributed by atoms with Crippen molar-refractivity contribution in [3.8, 4) is 0 Å². The first-order valence-corrected chi connectivity index (χ1v) is 8.00. The molecule has 1 aromatic heterocycles. The number of ether oxygens (including phenoxy) is 1. The van der Waals surface area contributed by atoms with E-state index in [4.69, 9.17) is 4.74 Å². The molecule has 1 amide bonds. The molecule has 0 radical (unpaired) electrons. The van der Waals surface area contributed by atoms with Crippen molar-refractivity contribution in [2.24, 2.45) is 0 Å². The van der Waals surface area contributed by atoms with Gasteiger partial charge in [0.2, 0.25) is 0 Å². The summed E-state index contributed by atoms with van der Waals surface area (Å²) in [5, 5.41) is 7.07. The summed E-state index contributed by atoms with van der Waals surface area (Å²) >= 11 is 1.93. The second-order valence-corrected chi connectivity index (χ2v) is 6.24. The second-order valence-electron chi connectivity index (χ2n) is 5.02. The van der Waals surface area contributed by atoms with Crippen molar-refractivity contribution < 1.29 is 9.53 Å². The molecule has 6 heteroatoms. The summed E-state index contributed by atoms with van der Waals surface area (Å²) in [5.41, 5.74) is 1.70. The van der Waals surface area contributed by atoms with E-state index in [1.807, 2.05) is 16.7 Å². The maximum Gasteiger partial charge on any atom is 0.257 e. The first-order valence-electron chi connectivity index (χ1n) is 6.84. The molecular formula is C13H19N3O2S. The van der Waals surface area contributed by atoms with Crippen LogP contribution in [0.15, 0.2) is 6.20 Å². The molecule has 0 saturated carbocycles. The second kappa shape index (κ2) is 5.96. The molecule has 19 heavy (non-hydrogen) atoms. The zero-order chi connectivity index (χ0) is 13.1. The van der Waals surface area contributed by atoms with Gasteiger partial charge in [-0.05, 0) is 18.6 Å². The number of aromatic nitrogens is 2. The Labute approximate surface area is 117 Å². The van der Waals surface area contributed by atoms with Crippen LogP contribution in [0.4, 0.5) is 0 Å². The zero-order valence-electron chi connectivity index (χ0n) is 10.9. The molecule has 0 spiro atoms. The molecule has 0 aliphatic carbocycles. The minimum absolute atomic E-state index is 0.123. The zero-order valence-corrected chi connectivity index (χ0v) is 11.7. The first-order chi connectivity index (χ1) is 9.36. The van der Waals surface area contributed by atoms with Gasteiger partial charge in [-0.25, -0.2) is 0 Å². The normalized spacial score (nSPS) is 24.4. The van der Waals surface area contributed by atoms with Gasteiger partial charge in [0.25, 0.3) is 5.91 Å². The van der Waals surface area contributed by atoms with Crippen LogP contribution in [0, 0.1) is 0 Å². The quantitative estimate of drug-likeness (QED) is 0.892. The fraction of sp³-hybridized carbons (Fsp3) is 0.692. The van der Waals surface area contributed by atoms with Gasteiger partial charge in [-0.2, -0.15) is 16.9 Å². The minimum atomic E-state index is 0.123. The van der Waals surface area contributed by atoms with Crippen LogP contribution < -0.4 is 0 Å². The van der Waals surface area contributed by atoms with Crippen molar-refractivity contribution >= 4 is 17.7 Å². The highest BCUT2D eigenvalue weighted by molar-refractivity contribution is 7.99. The Hall–Kier alpha value is -1.01. The van der Waals surface area contributed by atoms with E-state index in [0.29, 0.717) is 12.5 Å². The smallest absolute Gasteiger partial charge is 0.257 e. The van der Waals surface area contributed by atoms with Gasteiger partial charge >= 0.3 is 0 Å². The van der Waals surface area contributed by atoms with Crippen molar-refractivity contribution in [2.45, 2.75) is 18.8 Å². The molecule has 104 valence electrons. The van der Waals surface area contributed by atoms with Crippen LogP contribution in [0.2, 0.25) is 0 Å². The monoisotopic (exact) mass is 281 g/mol. The number of nitrogens with zero attached hydrogens (tertiary/aromatic N) is 2. The van der Waals surface area contributed by atoms with Crippen LogP contribution >= 0.6 is 11.8 Å². The number of H-pyrrole nitrogens is 1. The van der Waals surface area contributed by atoms with Gasteiger partial charge in [-0.1, -0.05) is 0 Å². The Morgan fingerprint density at radius 1 is 1.47 bits per heavy atom. The molecule has 0 bridgehead atoms. The lowest BCUT2D eigenvalue weighted by molar-refractivity contribution is 0.0767. The summed E-state index contributed by atoms with van der Waals surface area (Å²) in [6, 6.07) is 0. The lowest BCUT2D eigenvalue weighted by atomic mass is 10.0.